The molecular weight excluding hydrogens is 418 g/mol. The number of primary sulfonamides is 1. The fourth-order valence-corrected chi connectivity index (χ4v) is 3.88. The molecule has 9 heteroatoms. The molecule has 0 atom stereocenters. The zero-order valence-electron chi connectivity index (χ0n) is 18.1. The van der Waals surface area contributed by atoms with E-state index in [2.05, 4.69) is 4.98 Å². The van der Waals surface area contributed by atoms with Gasteiger partial charge in [0.15, 0.2) is 0 Å². The molecular formula is C22H29N3O5S. The zero-order valence-corrected chi connectivity index (χ0v) is 18.9. The molecule has 2 heterocycles. The second-order valence-electron chi connectivity index (χ2n) is 8.63. The molecule has 0 aliphatic carbocycles. The van der Waals surface area contributed by atoms with E-state index in [9.17, 15) is 13.2 Å². The van der Waals surface area contributed by atoms with E-state index in [1.54, 1.807) is 17.0 Å². The normalized spacial score (nSPS) is 15.5. The summed E-state index contributed by atoms with van der Waals surface area (Å²) in [5.41, 5.74) is 1.43. The summed E-state index contributed by atoms with van der Waals surface area (Å²) in [6, 6.07) is 9.91. The zero-order chi connectivity index (χ0) is 22.6. The van der Waals surface area contributed by atoms with Crippen LogP contribution < -0.4 is 9.88 Å². The molecule has 1 aliphatic rings. The Kier molecular flexibility index (Phi) is 6.86. The summed E-state index contributed by atoms with van der Waals surface area (Å²) < 4.78 is 33.7. The lowest BCUT2D eigenvalue weighted by atomic mass is 9.90. The standard InChI is InChI=1S/C22H29N3O5S/c1-22(2,3)30-21(26)25-12-10-16(11-13-25)17-4-5-18(24-14-17)15-29-19-6-8-20(9-7-19)31(23,27)28/h4-9,14,16H,10-13,15H2,1-3H3,(H2,23,27,28). The summed E-state index contributed by atoms with van der Waals surface area (Å²) in [5.74, 6) is 0.889. The Morgan fingerprint density at radius 1 is 1.13 bits per heavy atom. The summed E-state index contributed by atoms with van der Waals surface area (Å²) in [7, 11) is -3.72. The minimum Gasteiger partial charge on any atom is -0.487 e. The molecule has 1 saturated heterocycles. The second-order valence-corrected chi connectivity index (χ2v) is 10.2. The van der Waals surface area contributed by atoms with Crippen LogP contribution in [0.2, 0.25) is 0 Å². The number of hydrogen-bond acceptors (Lipinski definition) is 6. The van der Waals surface area contributed by atoms with E-state index >= 15 is 0 Å². The van der Waals surface area contributed by atoms with Gasteiger partial charge in [0, 0.05) is 19.3 Å². The van der Waals surface area contributed by atoms with Crippen LogP contribution >= 0.6 is 0 Å². The molecule has 0 bridgehead atoms. The predicted octanol–water partition coefficient (Wildman–Crippen LogP) is 3.42. The van der Waals surface area contributed by atoms with Gasteiger partial charge < -0.3 is 14.4 Å². The number of carbonyl (C=O) groups is 1. The van der Waals surface area contributed by atoms with Crippen molar-refractivity contribution < 1.29 is 22.7 Å². The molecule has 168 valence electrons. The van der Waals surface area contributed by atoms with Gasteiger partial charge in [-0.15, -0.1) is 0 Å². The number of rotatable bonds is 5. The molecule has 1 aromatic heterocycles. The Morgan fingerprint density at radius 3 is 2.29 bits per heavy atom. The van der Waals surface area contributed by atoms with Crippen molar-refractivity contribution in [2.45, 2.75) is 56.6 Å². The largest absolute Gasteiger partial charge is 0.487 e. The van der Waals surface area contributed by atoms with Crippen LogP contribution in [-0.4, -0.2) is 43.1 Å². The number of pyridine rings is 1. The first-order chi connectivity index (χ1) is 14.5. The van der Waals surface area contributed by atoms with Crippen LogP contribution in [0, 0.1) is 0 Å². The molecule has 1 fully saturated rings. The molecule has 0 radical (unpaired) electrons. The van der Waals surface area contributed by atoms with Crippen molar-refractivity contribution in [3.8, 4) is 5.75 Å². The number of ether oxygens (including phenoxy) is 2. The molecule has 2 aromatic rings. The highest BCUT2D eigenvalue weighted by atomic mass is 32.2. The fraction of sp³-hybridized carbons (Fsp3) is 0.455. The minimum absolute atomic E-state index is 0.0417. The van der Waals surface area contributed by atoms with Gasteiger partial charge in [-0.1, -0.05) is 6.07 Å². The van der Waals surface area contributed by atoms with Crippen molar-refractivity contribution in [1.29, 1.82) is 0 Å². The monoisotopic (exact) mass is 447 g/mol. The van der Waals surface area contributed by atoms with Gasteiger partial charge in [0.2, 0.25) is 10.0 Å². The van der Waals surface area contributed by atoms with Crippen LogP contribution in [0.4, 0.5) is 4.79 Å². The lowest BCUT2D eigenvalue weighted by molar-refractivity contribution is 0.0204. The molecule has 1 aromatic carbocycles. The Morgan fingerprint density at radius 2 is 1.77 bits per heavy atom. The Labute approximate surface area is 183 Å². The third-order valence-corrected chi connectivity index (χ3v) is 5.93. The number of aromatic nitrogens is 1. The van der Waals surface area contributed by atoms with E-state index in [4.69, 9.17) is 14.6 Å². The molecule has 1 amide bonds. The van der Waals surface area contributed by atoms with Gasteiger partial charge in [-0.3, -0.25) is 4.98 Å². The van der Waals surface area contributed by atoms with E-state index in [-0.39, 0.29) is 17.6 Å². The van der Waals surface area contributed by atoms with E-state index in [1.807, 2.05) is 39.1 Å². The van der Waals surface area contributed by atoms with Crippen LogP contribution in [0.3, 0.4) is 0 Å². The van der Waals surface area contributed by atoms with Crippen molar-refractivity contribution in [2.24, 2.45) is 5.14 Å². The number of nitrogens with zero attached hydrogens (tertiary/aromatic N) is 2. The number of piperidine rings is 1. The van der Waals surface area contributed by atoms with Gasteiger partial charge >= 0.3 is 6.09 Å². The average Bonchev–Trinajstić information content (AvgIpc) is 2.71. The number of amides is 1. The van der Waals surface area contributed by atoms with E-state index < -0.39 is 15.6 Å². The summed E-state index contributed by atoms with van der Waals surface area (Å²) in [5, 5.41) is 5.09. The Balaban J connectivity index is 1.50. The van der Waals surface area contributed by atoms with Gasteiger partial charge in [-0.05, 0) is 75.4 Å². The lowest BCUT2D eigenvalue weighted by Gasteiger charge is -2.33. The third kappa shape index (κ3) is 6.67. The number of sulfonamides is 1. The fourth-order valence-electron chi connectivity index (χ4n) is 3.37. The molecule has 3 rings (SSSR count). The maximum atomic E-state index is 12.2. The first-order valence-electron chi connectivity index (χ1n) is 10.2. The molecule has 31 heavy (non-hydrogen) atoms. The summed E-state index contributed by atoms with van der Waals surface area (Å²) >= 11 is 0. The number of nitrogens with two attached hydrogens (primary N) is 1. The highest BCUT2D eigenvalue weighted by molar-refractivity contribution is 7.89. The highest BCUT2D eigenvalue weighted by Gasteiger charge is 2.27. The number of hydrogen-bond donors (Lipinski definition) is 1. The minimum atomic E-state index is -3.72. The smallest absolute Gasteiger partial charge is 0.410 e. The van der Waals surface area contributed by atoms with Gasteiger partial charge in [0.25, 0.3) is 0 Å². The lowest BCUT2D eigenvalue weighted by Crippen LogP contribution is -2.41. The van der Waals surface area contributed by atoms with Crippen LogP contribution in [-0.2, 0) is 21.4 Å². The number of benzene rings is 1. The van der Waals surface area contributed by atoms with Crippen LogP contribution in [0.1, 0.15) is 50.8 Å². The van der Waals surface area contributed by atoms with Crippen molar-refractivity contribution in [2.75, 3.05) is 13.1 Å². The quantitative estimate of drug-likeness (QED) is 0.752. The summed E-state index contributed by atoms with van der Waals surface area (Å²) in [4.78, 5) is 18.5. The second kappa shape index (κ2) is 9.23. The topological polar surface area (TPSA) is 112 Å². The van der Waals surface area contributed by atoms with E-state index in [1.165, 1.54) is 12.1 Å². The van der Waals surface area contributed by atoms with Gasteiger partial charge in [-0.2, -0.15) is 0 Å². The molecule has 0 spiro atoms. The first-order valence-corrected chi connectivity index (χ1v) is 11.7. The predicted molar refractivity (Wildman–Crippen MR) is 116 cm³/mol. The van der Waals surface area contributed by atoms with Gasteiger partial charge in [-0.25, -0.2) is 18.4 Å². The average molecular weight is 448 g/mol. The molecule has 1 aliphatic heterocycles. The SMILES string of the molecule is CC(C)(C)OC(=O)N1CCC(c2ccc(COc3ccc(S(N)(=O)=O)cc3)nc2)CC1. The van der Waals surface area contributed by atoms with Crippen molar-refractivity contribution in [3.63, 3.8) is 0 Å². The maximum Gasteiger partial charge on any atom is 0.410 e. The third-order valence-electron chi connectivity index (χ3n) is 5.00. The Hall–Kier alpha value is -2.65. The van der Waals surface area contributed by atoms with E-state index in [0.717, 1.165) is 24.1 Å². The Bertz CT molecular complexity index is 991. The molecule has 0 unspecified atom stereocenters. The van der Waals surface area contributed by atoms with Gasteiger partial charge in [0.05, 0.1) is 10.6 Å². The van der Waals surface area contributed by atoms with E-state index in [0.29, 0.717) is 24.8 Å². The van der Waals surface area contributed by atoms with Crippen molar-refractivity contribution >= 4 is 16.1 Å². The van der Waals surface area contributed by atoms with Gasteiger partial charge in [0.1, 0.15) is 18.0 Å². The highest BCUT2D eigenvalue weighted by Crippen LogP contribution is 2.28. The summed E-state index contributed by atoms with van der Waals surface area (Å²) in [6.45, 7) is 7.21. The maximum absolute atomic E-state index is 12.2. The van der Waals surface area contributed by atoms with Crippen LogP contribution in [0.15, 0.2) is 47.5 Å². The summed E-state index contributed by atoms with van der Waals surface area (Å²) in [6.07, 6.45) is 3.34. The molecule has 8 nitrogen and oxygen atoms in total. The molecule has 2 N–H and O–H groups in total. The first kappa shape index (κ1) is 23.0. The van der Waals surface area contributed by atoms with Crippen LogP contribution in [0.25, 0.3) is 0 Å². The number of likely N-dealkylation sites (tertiary alicyclic amines) is 1. The number of carbonyl (C=O) groups excluding carboxylic acids is 1. The van der Waals surface area contributed by atoms with Crippen molar-refractivity contribution in [3.05, 3.63) is 53.9 Å². The van der Waals surface area contributed by atoms with Crippen LogP contribution in [0.5, 0.6) is 5.75 Å². The molecule has 0 saturated carbocycles. The van der Waals surface area contributed by atoms with Crippen molar-refractivity contribution in [1.82, 2.24) is 9.88 Å².